The molecule has 0 aromatic heterocycles. The Labute approximate surface area is 166 Å². The van der Waals surface area contributed by atoms with Crippen molar-refractivity contribution in [3.8, 4) is 5.75 Å². The lowest BCUT2D eigenvalue weighted by Gasteiger charge is -2.29. The van der Waals surface area contributed by atoms with Crippen molar-refractivity contribution in [3.63, 3.8) is 0 Å². The second kappa shape index (κ2) is 9.25. The fourth-order valence-corrected chi connectivity index (χ4v) is 3.21. The monoisotopic (exact) mass is 390 g/mol. The molecular weight excluding hydrogens is 360 g/mol. The number of hydrogen-bond donors (Lipinski definition) is 2. The predicted octanol–water partition coefficient (Wildman–Crippen LogP) is 1.29. The number of aliphatic imine (C=N–C) groups is 1. The topological polar surface area (TPSA) is 84.4 Å². The van der Waals surface area contributed by atoms with Crippen LogP contribution in [0.25, 0.3) is 0 Å². The zero-order chi connectivity index (χ0) is 20.0. The van der Waals surface area contributed by atoms with Gasteiger partial charge < -0.3 is 29.7 Å². The summed E-state index contributed by atoms with van der Waals surface area (Å²) in [4.78, 5) is 18.0. The molecule has 1 aromatic rings. The molecule has 2 aliphatic heterocycles. The van der Waals surface area contributed by atoms with E-state index in [-0.39, 0.29) is 18.5 Å². The Morgan fingerprint density at radius 2 is 2.00 bits per heavy atom. The lowest BCUT2D eigenvalue weighted by molar-refractivity contribution is -0.145. The number of amides is 1. The minimum atomic E-state index is -0.567. The van der Waals surface area contributed by atoms with Gasteiger partial charge in [-0.15, -0.1) is 0 Å². The first-order chi connectivity index (χ1) is 13.5. The van der Waals surface area contributed by atoms with E-state index in [2.05, 4.69) is 21.7 Å². The fraction of sp³-hybridized carbons (Fsp3) is 0.600. The van der Waals surface area contributed by atoms with Crippen LogP contribution in [0.2, 0.25) is 0 Å². The minimum absolute atomic E-state index is 0.0529. The van der Waals surface area contributed by atoms with Gasteiger partial charge >= 0.3 is 0 Å². The molecule has 8 heteroatoms. The number of para-hydroxylation sites is 1. The average Bonchev–Trinajstić information content (AvgIpc) is 3.12. The lowest BCUT2D eigenvalue weighted by Crippen LogP contribution is -2.43. The third kappa shape index (κ3) is 5.36. The molecule has 1 atom stereocenters. The highest BCUT2D eigenvalue weighted by Crippen LogP contribution is 2.31. The molecule has 8 nitrogen and oxygen atoms in total. The Morgan fingerprint density at radius 1 is 1.25 bits per heavy atom. The first kappa shape index (κ1) is 20.4. The zero-order valence-corrected chi connectivity index (χ0v) is 16.9. The molecule has 2 heterocycles. The van der Waals surface area contributed by atoms with E-state index in [1.807, 2.05) is 25.1 Å². The van der Waals surface area contributed by atoms with Gasteiger partial charge in [-0.3, -0.25) is 4.79 Å². The van der Waals surface area contributed by atoms with E-state index < -0.39 is 5.79 Å². The Kier molecular flexibility index (Phi) is 6.74. The molecule has 2 N–H and O–H groups in total. The van der Waals surface area contributed by atoms with Crippen molar-refractivity contribution in [2.45, 2.75) is 31.6 Å². The van der Waals surface area contributed by atoms with Crippen molar-refractivity contribution in [1.29, 1.82) is 0 Å². The van der Waals surface area contributed by atoms with Gasteiger partial charge in [0.1, 0.15) is 12.3 Å². The molecule has 0 radical (unpaired) electrons. The second-order valence-electron chi connectivity index (χ2n) is 7.33. The van der Waals surface area contributed by atoms with Crippen molar-refractivity contribution in [3.05, 3.63) is 29.8 Å². The molecule has 0 saturated carbocycles. The van der Waals surface area contributed by atoms with Crippen LogP contribution in [0.1, 0.15) is 31.4 Å². The fourth-order valence-electron chi connectivity index (χ4n) is 3.21. The van der Waals surface area contributed by atoms with Crippen molar-refractivity contribution in [2.75, 3.05) is 47.0 Å². The molecule has 1 fully saturated rings. The summed E-state index contributed by atoms with van der Waals surface area (Å²) in [7, 11) is 3.45. The summed E-state index contributed by atoms with van der Waals surface area (Å²) in [5.74, 6) is 0.861. The number of fused-ring (bicyclic) bond motifs is 1. The van der Waals surface area contributed by atoms with Gasteiger partial charge in [0.25, 0.3) is 0 Å². The number of carbonyl (C=O) groups is 1. The number of guanidine groups is 1. The van der Waals surface area contributed by atoms with Crippen LogP contribution in [0, 0.1) is 0 Å². The molecular formula is C20H30N4O4. The normalized spacial score (nSPS) is 20.8. The Balaban J connectivity index is 1.65. The van der Waals surface area contributed by atoms with E-state index in [0.717, 1.165) is 17.7 Å². The van der Waals surface area contributed by atoms with Gasteiger partial charge in [-0.2, -0.15) is 0 Å². The first-order valence-corrected chi connectivity index (χ1v) is 9.71. The molecule has 0 bridgehead atoms. The molecule has 28 heavy (non-hydrogen) atoms. The molecule has 0 spiro atoms. The highest BCUT2D eigenvalue weighted by atomic mass is 16.7. The van der Waals surface area contributed by atoms with E-state index in [0.29, 0.717) is 38.7 Å². The maximum atomic E-state index is 12.0. The van der Waals surface area contributed by atoms with E-state index in [9.17, 15) is 4.79 Å². The van der Waals surface area contributed by atoms with Crippen LogP contribution in [0.5, 0.6) is 5.75 Å². The van der Waals surface area contributed by atoms with Crippen LogP contribution < -0.4 is 15.4 Å². The molecule has 0 aliphatic carbocycles. The van der Waals surface area contributed by atoms with Crippen LogP contribution in [-0.4, -0.2) is 69.6 Å². The van der Waals surface area contributed by atoms with Gasteiger partial charge in [-0.05, 0) is 13.0 Å². The highest BCUT2D eigenvalue weighted by molar-refractivity contribution is 5.85. The molecule has 1 amide bonds. The third-order valence-electron chi connectivity index (χ3n) is 4.91. The van der Waals surface area contributed by atoms with Crippen molar-refractivity contribution in [1.82, 2.24) is 15.5 Å². The summed E-state index contributed by atoms with van der Waals surface area (Å²) in [6, 6.07) is 8.05. The second-order valence-corrected chi connectivity index (χ2v) is 7.33. The van der Waals surface area contributed by atoms with E-state index in [4.69, 9.17) is 14.2 Å². The number of nitrogens with zero attached hydrogens (tertiary/aromatic N) is 2. The largest absolute Gasteiger partial charge is 0.493 e. The minimum Gasteiger partial charge on any atom is -0.493 e. The first-order valence-electron chi connectivity index (χ1n) is 9.71. The number of likely N-dealkylation sites (N-methyl/N-ethyl adjacent to an activating group) is 1. The highest BCUT2D eigenvalue weighted by Gasteiger charge is 2.30. The Hall–Kier alpha value is -2.32. The number of hydrogen-bond acceptors (Lipinski definition) is 5. The Morgan fingerprint density at radius 3 is 2.75 bits per heavy atom. The van der Waals surface area contributed by atoms with Crippen LogP contribution in [-0.2, 0) is 14.3 Å². The quantitative estimate of drug-likeness (QED) is 0.562. The van der Waals surface area contributed by atoms with Crippen LogP contribution >= 0.6 is 0 Å². The molecule has 1 unspecified atom stereocenters. The maximum absolute atomic E-state index is 12.0. The van der Waals surface area contributed by atoms with Gasteiger partial charge in [0.05, 0.1) is 25.9 Å². The van der Waals surface area contributed by atoms with Crippen molar-refractivity contribution in [2.24, 2.45) is 4.99 Å². The summed E-state index contributed by atoms with van der Waals surface area (Å²) in [5, 5.41) is 6.76. The molecule has 154 valence electrons. The SMILES string of the molecule is CN(C)C(=O)CN=C(NCCC1(C)OCCO1)NC1CCOc2ccccc21. The van der Waals surface area contributed by atoms with E-state index >= 15 is 0 Å². The molecule has 1 saturated heterocycles. The number of ether oxygens (including phenoxy) is 3. The predicted molar refractivity (Wildman–Crippen MR) is 106 cm³/mol. The zero-order valence-electron chi connectivity index (χ0n) is 16.9. The summed E-state index contributed by atoms with van der Waals surface area (Å²) in [6.07, 6.45) is 1.50. The third-order valence-corrected chi connectivity index (χ3v) is 4.91. The van der Waals surface area contributed by atoms with E-state index in [1.54, 1.807) is 14.1 Å². The van der Waals surface area contributed by atoms with Gasteiger partial charge in [-0.25, -0.2) is 4.99 Å². The van der Waals surface area contributed by atoms with Crippen molar-refractivity contribution < 1.29 is 19.0 Å². The summed E-state index contributed by atoms with van der Waals surface area (Å²) >= 11 is 0. The van der Waals surface area contributed by atoms with Gasteiger partial charge in [-0.1, -0.05) is 18.2 Å². The summed E-state index contributed by atoms with van der Waals surface area (Å²) in [5.41, 5.74) is 1.09. The summed E-state index contributed by atoms with van der Waals surface area (Å²) in [6.45, 7) is 4.51. The van der Waals surface area contributed by atoms with Crippen LogP contribution in [0.15, 0.2) is 29.3 Å². The van der Waals surface area contributed by atoms with Crippen LogP contribution in [0.4, 0.5) is 0 Å². The Bertz CT molecular complexity index is 701. The smallest absolute Gasteiger partial charge is 0.243 e. The molecule has 3 rings (SSSR count). The molecule has 2 aliphatic rings. The average molecular weight is 390 g/mol. The van der Waals surface area contributed by atoms with E-state index in [1.165, 1.54) is 4.90 Å². The number of nitrogens with one attached hydrogen (secondary N) is 2. The van der Waals surface area contributed by atoms with Gasteiger partial charge in [0.15, 0.2) is 11.7 Å². The maximum Gasteiger partial charge on any atom is 0.243 e. The number of rotatable bonds is 6. The van der Waals surface area contributed by atoms with Gasteiger partial charge in [0.2, 0.25) is 5.91 Å². The summed E-state index contributed by atoms with van der Waals surface area (Å²) < 4.78 is 17.0. The number of carbonyl (C=O) groups excluding carboxylic acids is 1. The molecule has 1 aromatic carbocycles. The van der Waals surface area contributed by atoms with Crippen molar-refractivity contribution >= 4 is 11.9 Å². The van der Waals surface area contributed by atoms with Gasteiger partial charge in [0, 0.05) is 39.0 Å². The van der Waals surface area contributed by atoms with Crippen LogP contribution in [0.3, 0.4) is 0 Å². The number of benzene rings is 1. The standard InChI is InChI=1S/C20H30N4O4/c1-20(27-12-13-28-20)9-10-21-19(22-14-18(25)24(2)3)23-16-8-11-26-17-7-5-4-6-15(16)17/h4-7,16H,8-14H2,1-3H3,(H2,21,22,23). The lowest BCUT2D eigenvalue weighted by atomic mass is 10.0.